The Balaban J connectivity index is 1.69. The zero-order valence-electron chi connectivity index (χ0n) is 20.3. The Morgan fingerprint density at radius 1 is 0.629 bits per heavy atom. The van der Waals surface area contributed by atoms with Crippen LogP contribution in [-0.2, 0) is 5.41 Å². The van der Waals surface area contributed by atoms with Gasteiger partial charge in [0, 0.05) is 11.5 Å². The lowest BCUT2D eigenvalue weighted by atomic mass is 9.68. The number of rotatable bonds is 2. The molecule has 0 spiro atoms. The van der Waals surface area contributed by atoms with Crippen molar-refractivity contribution in [1.82, 2.24) is 0 Å². The lowest BCUT2D eigenvalue weighted by Crippen LogP contribution is -2.48. The van der Waals surface area contributed by atoms with Crippen molar-refractivity contribution in [3.63, 3.8) is 0 Å². The van der Waals surface area contributed by atoms with Gasteiger partial charge in [-0.2, -0.15) is 4.57 Å². The fourth-order valence-corrected chi connectivity index (χ4v) is 6.60. The minimum atomic E-state index is -0.0860. The monoisotopic (exact) mass is 450 g/mol. The second kappa shape index (κ2) is 7.26. The number of nitrogens with zero attached hydrogens (tertiary/aromatic N) is 1. The van der Waals surface area contributed by atoms with Crippen LogP contribution in [0.2, 0.25) is 0 Å². The summed E-state index contributed by atoms with van der Waals surface area (Å²) in [4.78, 5) is 0. The van der Waals surface area contributed by atoms with Gasteiger partial charge in [-0.15, -0.1) is 0 Å². The summed E-state index contributed by atoms with van der Waals surface area (Å²) in [5.41, 5.74) is 5.08. The molecule has 0 N–H and O–H groups in total. The smallest absolute Gasteiger partial charge is 0.163 e. The lowest BCUT2D eigenvalue weighted by molar-refractivity contribution is -0.575. The summed E-state index contributed by atoms with van der Waals surface area (Å²) in [7, 11) is 0. The molecule has 0 saturated heterocycles. The molecule has 0 radical (unpaired) electrons. The zero-order valence-corrected chi connectivity index (χ0v) is 20.3. The van der Waals surface area contributed by atoms with Crippen molar-refractivity contribution in [2.24, 2.45) is 0 Å². The molecule has 0 bridgehead atoms. The second-order valence-electron chi connectivity index (χ2n) is 9.93. The fraction of sp³-hybridized carbons (Fsp3) is 0.147. The number of benzene rings is 5. The highest BCUT2D eigenvalue weighted by Gasteiger charge is 2.46. The Labute approximate surface area is 206 Å². The molecule has 7 rings (SSSR count). The van der Waals surface area contributed by atoms with Crippen molar-refractivity contribution in [3.05, 3.63) is 109 Å². The Kier molecular flexibility index (Phi) is 4.23. The molecule has 0 aliphatic carbocycles. The molecule has 6 aromatic rings. The predicted molar refractivity (Wildman–Crippen MR) is 150 cm³/mol. The molecule has 1 aliphatic rings. The average Bonchev–Trinajstić information content (AvgIpc) is 2.92. The highest BCUT2D eigenvalue weighted by atomic mass is 15.0. The first-order valence-electron chi connectivity index (χ1n) is 12.7. The highest BCUT2D eigenvalue weighted by molar-refractivity contribution is 6.25. The van der Waals surface area contributed by atoms with Gasteiger partial charge in [-0.3, -0.25) is 0 Å². The van der Waals surface area contributed by atoms with E-state index >= 15 is 0 Å². The van der Waals surface area contributed by atoms with Gasteiger partial charge in [-0.05, 0) is 69.4 Å². The molecule has 1 aliphatic heterocycles. The predicted octanol–water partition coefficient (Wildman–Crippen LogP) is 8.80. The molecular weight excluding hydrogens is 422 g/mol. The summed E-state index contributed by atoms with van der Waals surface area (Å²) < 4.78 is 2.40. The van der Waals surface area contributed by atoms with Gasteiger partial charge >= 0.3 is 0 Å². The topological polar surface area (TPSA) is 3.88 Å². The summed E-state index contributed by atoms with van der Waals surface area (Å²) >= 11 is 0. The van der Waals surface area contributed by atoms with Gasteiger partial charge in [0.05, 0.1) is 16.4 Å². The Morgan fingerprint density at radius 3 is 1.74 bits per heavy atom. The van der Waals surface area contributed by atoms with E-state index in [2.05, 4.69) is 116 Å². The van der Waals surface area contributed by atoms with Crippen LogP contribution in [0, 0.1) is 0 Å². The standard InChI is InChI=1S/C34H28N/c1-4-34(5-2)22(3)35-21-31-28-17-11-9-15-26(28)25-14-8-10-16-27(25)29(31)20-33(35)30-18-23-12-6-7-13-24(23)19-32(30)34/h6-21H,3-5H2,1-2H3/q+1. The highest BCUT2D eigenvalue weighted by Crippen LogP contribution is 2.48. The fourth-order valence-electron chi connectivity index (χ4n) is 6.60. The van der Waals surface area contributed by atoms with E-state index in [-0.39, 0.29) is 5.41 Å². The number of fused-ring (bicyclic) bond motifs is 10. The van der Waals surface area contributed by atoms with Crippen LogP contribution in [0.3, 0.4) is 0 Å². The van der Waals surface area contributed by atoms with E-state index in [1.54, 1.807) is 0 Å². The van der Waals surface area contributed by atoms with E-state index < -0.39 is 0 Å². The largest absolute Gasteiger partial charge is 0.219 e. The number of pyridine rings is 1. The number of hydrogen-bond acceptors (Lipinski definition) is 0. The summed E-state index contributed by atoms with van der Waals surface area (Å²) in [5.74, 6) is 0. The van der Waals surface area contributed by atoms with Crippen molar-refractivity contribution >= 4 is 48.8 Å². The Hall–Kier alpha value is -3.97. The van der Waals surface area contributed by atoms with Crippen molar-refractivity contribution in [2.45, 2.75) is 32.1 Å². The third kappa shape index (κ3) is 2.61. The van der Waals surface area contributed by atoms with E-state index in [1.807, 2.05) is 0 Å². The van der Waals surface area contributed by atoms with Gasteiger partial charge in [0.1, 0.15) is 0 Å². The molecule has 2 heterocycles. The van der Waals surface area contributed by atoms with E-state index in [0.717, 1.165) is 12.8 Å². The minimum absolute atomic E-state index is 0.0860. The third-order valence-corrected chi connectivity index (χ3v) is 8.54. The van der Waals surface area contributed by atoms with Crippen LogP contribution in [0.25, 0.3) is 60.0 Å². The first kappa shape index (κ1) is 20.4. The molecule has 5 aromatic carbocycles. The quantitative estimate of drug-likeness (QED) is 0.183. The zero-order chi connectivity index (χ0) is 23.7. The third-order valence-electron chi connectivity index (χ3n) is 8.54. The van der Waals surface area contributed by atoms with Gasteiger partial charge in [0.15, 0.2) is 11.9 Å². The first-order chi connectivity index (χ1) is 17.2. The van der Waals surface area contributed by atoms with Crippen molar-refractivity contribution < 1.29 is 4.57 Å². The number of hydrogen-bond donors (Lipinski definition) is 0. The van der Waals surface area contributed by atoms with Crippen LogP contribution in [0.1, 0.15) is 32.3 Å². The lowest BCUT2D eigenvalue weighted by Gasteiger charge is -2.36. The second-order valence-corrected chi connectivity index (χ2v) is 9.93. The van der Waals surface area contributed by atoms with Crippen LogP contribution in [0.5, 0.6) is 0 Å². The molecule has 35 heavy (non-hydrogen) atoms. The maximum absolute atomic E-state index is 4.74. The molecule has 0 amide bonds. The van der Waals surface area contributed by atoms with Crippen molar-refractivity contribution in [2.75, 3.05) is 0 Å². The van der Waals surface area contributed by atoms with Crippen LogP contribution in [-0.4, -0.2) is 0 Å². The summed E-state index contributed by atoms with van der Waals surface area (Å²) in [5, 5.41) is 10.4. The van der Waals surface area contributed by atoms with Gasteiger partial charge in [0.25, 0.3) is 0 Å². The minimum Gasteiger partial charge on any atom is -0.163 e. The van der Waals surface area contributed by atoms with Gasteiger partial charge in [-0.1, -0.05) is 86.6 Å². The molecule has 1 nitrogen and oxygen atoms in total. The SMILES string of the molecule is C=C1[n+]2cc3c4ccccc4c4ccccc4c3cc2-c2cc3ccccc3cc2C1(CC)CC. The van der Waals surface area contributed by atoms with E-state index in [0.29, 0.717) is 0 Å². The van der Waals surface area contributed by atoms with E-state index in [1.165, 1.54) is 65.6 Å². The van der Waals surface area contributed by atoms with Crippen LogP contribution in [0.15, 0.2) is 104 Å². The molecule has 0 atom stereocenters. The Morgan fingerprint density at radius 2 is 1.14 bits per heavy atom. The van der Waals surface area contributed by atoms with E-state index in [4.69, 9.17) is 6.58 Å². The van der Waals surface area contributed by atoms with Gasteiger partial charge < -0.3 is 0 Å². The molecule has 168 valence electrons. The van der Waals surface area contributed by atoms with Crippen molar-refractivity contribution in [3.8, 4) is 11.3 Å². The maximum Gasteiger partial charge on any atom is 0.219 e. The van der Waals surface area contributed by atoms with Crippen LogP contribution < -0.4 is 4.57 Å². The summed E-state index contributed by atoms with van der Waals surface area (Å²) in [6.45, 7) is 9.36. The Bertz CT molecular complexity index is 1840. The number of allylic oxidation sites excluding steroid dienone is 1. The van der Waals surface area contributed by atoms with Crippen LogP contribution >= 0.6 is 0 Å². The first-order valence-corrected chi connectivity index (χ1v) is 12.7. The summed E-state index contributed by atoms with van der Waals surface area (Å²) in [6, 6.07) is 33.6. The summed E-state index contributed by atoms with van der Waals surface area (Å²) in [6.07, 6.45) is 4.41. The van der Waals surface area contributed by atoms with Crippen LogP contribution in [0.4, 0.5) is 0 Å². The average molecular weight is 451 g/mol. The van der Waals surface area contributed by atoms with Crippen molar-refractivity contribution in [1.29, 1.82) is 0 Å². The van der Waals surface area contributed by atoms with Gasteiger partial charge in [-0.25, -0.2) is 0 Å². The maximum atomic E-state index is 4.74. The van der Waals surface area contributed by atoms with E-state index in [9.17, 15) is 0 Å². The molecule has 0 fully saturated rings. The normalized spacial score (nSPS) is 14.5. The molecular formula is C34H28N+. The number of aromatic nitrogens is 1. The molecule has 0 unspecified atom stereocenters. The molecule has 1 aromatic heterocycles. The molecule has 1 heteroatoms. The molecule has 0 saturated carbocycles. The van der Waals surface area contributed by atoms with Gasteiger partial charge in [0.2, 0.25) is 5.69 Å².